The standard InChI is InChI=1S/C16H26N2O/c1-16(2)6-8-18(9-7-16)10-11-19-15-5-3-4-14(12-15)13-17/h3-5,12H,6-11,13,17H2,1-2H3. The summed E-state index contributed by atoms with van der Waals surface area (Å²) in [7, 11) is 0. The average Bonchev–Trinajstić information content (AvgIpc) is 2.41. The quantitative estimate of drug-likeness (QED) is 0.886. The van der Waals surface area contributed by atoms with Crippen molar-refractivity contribution >= 4 is 0 Å². The molecule has 106 valence electrons. The lowest BCUT2D eigenvalue weighted by atomic mass is 9.83. The predicted molar refractivity (Wildman–Crippen MR) is 79.3 cm³/mol. The Hall–Kier alpha value is -1.06. The van der Waals surface area contributed by atoms with Gasteiger partial charge in [0.2, 0.25) is 0 Å². The van der Waals surface area contributed by atoms with E-state index in [2.05, 4.69) is 18.7 Å². The maximum Gasteiger partial charge on any atom is 0.119 e. The number of nitrogens with zero attached hydrogens (tertiary/aromatic N) is 1. The smallest absolute Gasteiger partial charge is 0.119 e. The third-order valence-corrected chi connectivity index (χ3v) is 4.02. The second kappa shape index (κ2) is 6.40. The molecule has 3 nitrogen and oxygen atoms in total. The molecule has 1 fully saturated rings. The van der Waals surface area contributed by atoms with Gasteiger partial charge in [0.1, 0.15) is 12.4 Å². The highest BCUT2D eigenvalue weighted by atomic mass is 16.5. The molecule has 0 bridgehead atoms. The predicted octanol–water partition coefficient (Wildman–Crippen LogP) is 2.65. The molecule has 0 saturated carbocycles. The molecule has 1 aliphatic heterocycles. The Kier molecular flexibility index (Phi) is 4.83. The molecule has 2 N–H and O–H groups in total. The number of nitrogens with two attached hydrogens (primary N) is 1. The van der Waals surface area contributed by atoms with Crippen molar-refractivity contribution in [3.8, 4) is 5.75 Å². The summed E-state index contributed by atoms with van der Waals surface area (Å²) in [5.74, 6) is 0.931. The highest BCUT2D eigenvalue weighted by molar-refractivity contribution is 5.28. The van der Waals surface area contributed by atoms with Crippen LogP contribution in [0.2, 0.25) is 0 Å². The van der Waals surface area contributed by atoms with E-state index in [1.54, 1.807) is 0 Å². The maximum absolute atomic E-state index is 5.81. The third kappa shape index (κ3) is 4.51. The molecule has 0 aromatic heterocycles. The van der Waals surface area contributed by atoms with E-state index in [9.17, 15) is 0 Å². The Labute approximate surface area is 116 Å². The first-order valence-electron chi connectivity index (χ1n) is 7.23. The molecule has 1 aromatic carbocycles. The molecule has 0 spiro atoms. The van der Waals surface area contributed by atoms with Crippen LogP contribution in [-0.2, 0) is 6.54 Å². The molecule has 1 aromatic rings. The largest absolute Gasteiger partial charge is 0.492 e. The molecule has 3 heteroatoms. The molecule has 1 aliphatic rings. The minimum Gasteiger partial charge on any atom is -0.492 e. The fourth-order valence-electron chi connectivity index (χ4n) is 2.44. The maximum atomic E-state index is 5.81. The first kappa shape index (κ1) is 14.4. The number of hydrogen-bond donors (Lipinski definition) is 1. The zero-order valence-corrected chi connectivity index (χ0v) is 12.2. The first-order valence-corrected chi connectivity index (χ1v) is 7.23. The van der Waals surface area contributed by atoms with Gasteiger partial charge in [-0.05, 0) is 49.0 Å². The van der Waals surface area contributed by atoms with Gasteiger partial charge in [-0.2, -0.15) is 0 Å². The summed E-state index contributed by atoms with van der Waals surface area (Å²) in [6.07, 6.45) is 2.57. The zero-order chi connectivity index (χ0) is 13.7. The zero-order valence-electron chi connectivity index (χ0n) is 12.2. The van der Waals surface area contributed by atoms with Gasteiger partial charge in [0.05, 0.1) is 0 Å². The van der Waals surface area contributed by atoms with Crippen LogP contribution < -0.4 is 10.5 Å². The van der Waals surface area contributed by atoms with E-state index in [-0.39, 0.29) is 0 Å². The minimum absolute atomic E-state index is 0.521. The van der Waals surface area contributed by atoms with Crippen molar-refractivity contribution in [3.63, 3.8) is 0 Å². The van der Waals surface area contributed by atoms with Crippen LogP contribution in [0.25, 0.3) is 0 Å². The van der Waals surface area contributed by atoms with Gasteiger partial charge >= 0.3 is 0 Å². The molecule has 0 aliphatic carbocycles. The summed E-state index contributed by atoms with van der Waals surface area (Å²) in [5.41, 5.74) is 7.27. The van der Waals surface area contributed by atoms with Crippen molar-refractivity contribution in [1.82, 2.24) is 4.90 Å². The summed E-state index contributed by atoms with van der Waals surface area (Å²) in [4.78, 5) is 2.50. The van der Waals surface area contributed by atoms with Gasteiger partial charge < -0.3 is 10.5 Å². The second-order valence-corrected chi connectivity index (χ2v) is 6.21. The fraction of sp³-hybridized carbons (Fsp3) is 0.625. The summed E-state index contributed by atoms with van der Waals surface area (Å²) in [6.45, 7) is 9.45. The van der Waals surface area contributed by atoms with Crippen LogP contribution in [0, 0.1) is 5.41 Å². The van der Waals surface area contributed by atoms with Crippen LogP contribution in [0.4, 0.5) is 0 Å². The van der Waals surface area contributed by atoms with Crippen molar-refractivity contribution in [2.75, 3.05) is 26.2 Å². The Bertz CT molecular complexity index is 393. The first-order chi connectivity index (χ1) is 9.09. The van der Waals surface area contributed by atoms with E-state index in [0.717, 1.165) is 24.5 Å². The van der Waals surface area contributed by atoms with E-state index < -0.39 is 0 Å². The second-order valence-electron chi connectivity index (χ2n) is 6.21. The molecule has 1 saturated heterocycles. The van der Waals surface area contributed by atoms with Crippen LogP contribution in [0.1, 0.15) is 32.3 Å². The summed E-state index contributed by atoms with van der Waals surface area (Å²) in [5, 5.41) is 0. The van der Waals surface area contributed by atoms with Crippen LogP contribution in [0.15, 0.2) is 24.3 Å². The third-order valence-electron chi connectivity index (χ3n) is 4.02. The van der Waals surface area contributed by atoms with E-state index in [0.29, 0.717) is 12.0 Å². The van der Waals surface area contributed by atoms with Crippen LogP contribution in [-0.4, -0.2) is 31.1 Å². The van der Waals surface area contributed by atoms with Gasteiger partial charge in [0.25, 0.3) is 0 Å². The lowest BCUT2D eigenvalue weighted by Gasteiger charge is -2.36. The van der Waals surface area contributed by atoms with Crippen molar-refractivity contribution in [1.29, 1.82) is 0 Å². The molecule has 0 atom stereocenters. The van der Waals surface area contributed by atoms with Crippen LogP contribution >= 0.6 is 0 Å². The van der Waals surface area contributed by atoms with E-state index in [1.807, 2.05) is 24.3 Å². The Morgan fingerprint density at radius 3 is 2.68 bits per heavy atom. The van der Waals surface area contributed by atoms with Gasteiger partial charge in [-0.25, -0.2) is 0 Å². The normalized spacial score (nSPS) is 19.3. The molecule has 19 heavy (non-hydrogen) atoms. The van der Waals surface area contributed by atoms with Crippen molar-refractivity contribution in [3.05, 3.63) is 29.8 Å². The number of hydrogen-bond acceptors (Lipinski definition) is 3. The number of piperidine rings is 1. The highest BCUT2D eigenvalue weighted by Gasteiger charge is 2.24. The lowest BCUT2D eigenvalue weighted by Crippen LogP contribution is -2.39. The summed E-state index contributed by atoms with van der Waals surface area (Å²) < 4.78 is 5.81. The van der Waals surface area contributed by atoms with Gasteiger partial charge in [-0.1, -0.05) is 26.0 Å². The minimum atomic E-state index is 0.521. The molecule has 1 heterocycles. The van der Waals surface area contributed by atoms with E-state index in [4.69, 9.17) is 10.5 Å². The summed E-state index contributed by atoms with van der Waals surface area (Å²) >= 11 is 0. The van der Waals surface area contributed by atoms with E-state index >= 15 is 0 Å². The molecular weight excluding hydrogens is 236 g/mol. The average molecular weight is 262 g/mol. The number of ether oxygens (including phenoxy) is 1. The van der Waals surface area contributed by atoms with Gasteiger partial charge in [0, 0.05) is 13.1 Å². The number of benzene rings is 1. The number of rotatable bonds is 5. The Balaban J connectivity index is 1.72. The van der Waals surface area contributed by atoms with Crippen molar-refractivity contribution in [2.24, 2.45) is 11.1 Å². The van der Waals surface area contributed by atoms with Gasteiger partial charge in [-0.15, -0.1) is 0 Å². The van der Waals surface area contributed by atoms with Gasteiger partial charge in [0.15, 0.2) is 0 Å². The topological polar surface area (TPSA) is 38.5 Å². The number of likely N-dealkylation sites (tertiary alicyclic amines) is 1. The molecule has 0 amide bonds. The molecule has 2 rings (SSSR count). The summed E-state index contributed by atoms with van der Waals surface area (Å²) in [6, 6.07) is 8.05. The Morgan fingerprint density at radius 1 is 1.26 bits per heavy atom. The molecular formula is C16H26N2O. The lowest BCUT2D eigenvalue weighted by molar-refractivity contribution is 0.116. The van der Waals surface area contributed by atoms with Crippen molar-refractivity contribution in [2.45, 2.75) is 33.2 Å². The molecule has 0 unspecified atom stereocenters. The van der Waals surface area contributed by atoms with Gasteiger partial charge in [-0.3, -0.25) is 4.90 Å². The fourth-order valence-corrected chi connectivity index (χ4v) is 2.44. The highest BCUT2D eigenvalue weighted by Crippen LogP contribution is 2.29. The van der Waals surface area contributed by atoms with Crippen LogP contribution in [0.3, 0.4) is 0 Å². The molecule has 0 radical (unpaired) electrons. The van der Waals surface area contributed by atoms with Crippen LogP contribution in [0.5, 0.6) is 5.75 Å². The monoisotopic (exact) mass is 262 g/mol. The van der Waals surface area contributed by atoms with Crippen molar-refractivity contribution < 1.29 is 4.74 Å². The van der Waals surface area contributed by atoms with E-state index in [1.165, 1.54) is 25.9 Å². The Morgan fingerprint density at radius 2 is 2.00 bits per heavy atom. The SMILES string of the molecule is CC1(C)CCN(CCOc2cccc(CN)c2)CC1.